The van der Waals surface area contributed by atoms with Gasteiger partial charge in [-0.1, -0.05) is 18.2 Å². The molecule has 1 rings (SSSR count). The van der Waals surface area contributed by atoms with Crippen molar-refractivity contribution in [3.05, 3.63) is 48.1 Å². The predicted octanol–water partition coefficient (Wildman–Crippen LogP) is 2.84. The second kappa shape index (κ2) is 8.67. The molecule has 0 heterocycles. The summed E-state index contributed by atoms with van der Waals surface area (Å²) in [6.45, 7) is 6.53. The minimum Gasteiger partial charge on any atom is -0.493 e. The van der Waals surface area contributed by atoms with Crippen LogP contribution < -0.4 is 9.47 Å². The molecule has 5 heteroatoms. The third-order valence-electron chi connectivity index (χ3n) is 2.91. The zero-order valence-electron chi connectivity index (χ0n) is 13.0. The highest BCUT2D eigenvalue weighted by atomic mass is 16.6. The highest BCUT2D eigenvalue weighted by Crippen LogP contribution is 2.28. The lowest BCUT2D eigenvalue weighted by Crippen LogP contribution is -2.19. The van der Waals surface area contributed by atoms with E-state index in [1.165, 1.54) is 7.11 Å². The summed E-state index contributed by atoms with van der Waals surface area (Å²) in [6.07, 6.45) is 4.06. The van der Waals surface area contributed by atoms with Gasteiger partial charge in [-0.2, -0.15) is 0 Å². The summed E-state index contributed by atoms with van der Waals surface area (Å²) in [7, 11) is 1.49. The number of esters is 2. The molecule has 5 nitrogen and oxygen atoms in total. The van der Waals surface area contributed by atoms with Gasteiger partial charge in [-0.05, 0) is 38.0 Å². The molecule has 0 aliphatic carbocycles. The lowest BCUT2D eigenvalue weighted by molar-refractivity contribution is -0.150. The van der Waals surface area contributed by atoms with Gasteiger partial charge in [0, 0.05) is 5.57 Å². The zero-order valence-corrected chi connectivity index (χ0v) is 13.0. The molecule has 1 aromatic carbocycles. The van der Waals surface area contributed by atoms with Crippen LogP contribution in [0.3, 0.4) is 0 Å². The van der Waals surface area contributed by atoms with Crippen molar-refractivity contribution in [1.82, 2.24) is 0 Å². The van der Waals surface area contributed by atoms with Gasteiger partial charge in [-0.25, -0.2) is 9.59 Å². The molecule has 0 aliphatic rings. The molecule has 0 amide bonds. The molecule has 118 valence electrons. The van der Waals surface area contributed by atoms with E-state index in [0.717, 1.165) is 5.56 Å². The van der Waals surface area contributed by atoms with E-state index in [1.54, 1.807) is 38.1 Å². The van der Waals surface area contributed by atoms with Crippen LogP contribution in [0, 0.1) is 0 Å². The lowest BCUT2D eigenvalue weighted by Gasteiger charge is -2.10. The quantitative estimate of drug-likeness (QED) is 0.335. The van der Waals surface area contributed by atoms with Crippen molar-refractivity contribution in [3.8, 4) is 11.5 Å². The average molecular weight is 304 g/mol. The zero-order chi connectivity index (χ0) is 16.5. The molecule has 1 aromatic rings. The third-order valence-corrected chi connectivity index (χ3v) is 2.91. The number of ether oxygens (including phenoxy) is 3. The molecule has 0 fully saturated rings. The largest absolute Gasteiger partial charge is 0.493 e. The maximum Gasteiger partial charge on any atom is 0.349 e. The van der Waals surface area contributed by atoms with Gasteiger partial charge < -0.3 is 14.2 Å². The standard InChI is InChI=1S/C17H20O5/c1-5-7-13-8-9-14(15(10-13)20-4)22-16(18)11-21-17(19)12(3)6-2/h5-6,8-10H,1,7,11H2,2-4H3. The number of carbonyl (C=O) groups excluding carboxylic acids is 2. The van der Waals surface area contributed by atoms with E-state index in [4.69, 9.17) is 14.2 Å². The van der Waals surface area contributed by atoms with Gasteiger partial charge >= 0.3 is 11.9 Å². The number of hydrogen-bond acceptors (Lipinski definition) is 5. The summed E-state index contributed by atoms with van der Waals surface area (Å²) in [6, 6.07) is 5.21. The summed E-state index contributed by atoms with van der Waals surface area (Å²) in [4.78, 5) is 23.2. The molecule has 0 spiro atoms. The fraction of sp³-hybridized carbons (Fsp3) is 0.294. The Morgan fingerprint density at radius 2 is 2.00 bits per heavy atom. The second-order valence-corrected chi connectivity index (χ2v) is 4.50. The number of rotatable bonds is 7. The lowest BCUT2D eigenvalue weighted by atomic mass is 10.1. The van der Waals surface area contributed by atoms with Crippen molar-refractivity contribution in [2.45, 2.75) is 20.3 Å². The van der Waals surface area contributed by atoms with E-state index in [1.807, 2.05) is 6.07 Å². The summed E-state index contributed by atoms with van der Waals surface area (Å²) < 4.78 is 15.2. The predicted molar refractivity (Wildman–Crippen MR) is 82.9 cm³/mol. The van der Waals surface area contributed by atoms with Gasteiger partial charge in [0.25, 0.3) is 0 Å². The monoisotopic (exact) mass is 304 g/mol. The smallest absolute Gasteiger partial charge is 0.349 e. The number of benzene rings is 1. The number of allylic oxidation sites excluding steroid dienone is 2. The Balaban J connectivity index is 2.68. The van der Waals surface area contributed by atoms with Crippen LogP contribution in [0.25, 0.3) is 0 Å². The topological polar surface area (TPSA) is 61.8 Å². The first kappa shape index (κ1) is 17.5. The molecule has 0 aliphatic heterocycles. The average Bonchev–Trinajstić information content (AvgIpc) is 2.53. The van der Waals surface area contributed by atoms with Crippen molar-refractivity contribution >= 4 is 11.9 Å². The van der Waals surface area contributed by atoms with Crippen molar-refractivity contribution in [1.29, 1.82) is 0 Å². The van der Waals surface area contributed by atoms with Crippen molar-refractivity contribution in [2.24, 2.45) is 0 Å². The molecular weight excluding hydrogens is 284 g/mol. The van der Waals surface area contributed by atoms with Crippen molar-refractivity contribution in [3.63, 3.8) is 0 Å². The number of methoxy groups -OCH3 is 1. The van der Waals surface area contributed by atoms with Gasteiger partial charge in [0.2, 0.25) is 0 Å². The molecule has 0 bridgehead atoms. The van der Waals surface area contributed by atoms with Crippen molar-refractivity contribution < 1.29 is 23.8 Å². The summed E-state index contributed by atoms with van der Waals surface area (Å²) in [5.74, 6) is -0.512. The molecule has 22 heavy (non-hydrogen) atoms. The Hall–Kier alpha value is -2.56. The highest BCUT2D eigenvalue weighted by molar-refractivity contribution is 5.89. The molecule has 0 unspecified atom stereocenters. The van der Waals surface area contributed by atoms with Crippen LogP contribution in [0.4, 0.5) is 0 Å². The van der Waals surface area contributed by atoms with E-state index in [-0.39, 0.29) is 5.75 Å². The molecule has 0 saturated carbocycles. The third kappa shape index (κ3) is 5.09. The van der Waals surface area contributed by atoms with Crippen LogP contribution in [0.2, 0.25) is 0 Å². The molecule has 0 aromatic heterocycles. The Labute approximate surface area is 130 Å². The van der Waals surface area contributed by atoms with E-state index in [0.29, 0.717) is 17.7 Å². The van der Waals surface area contributed by atoms with Crippen molar-refractivity contribution in [2.75, 3.05) is 13.7 Å². The fourth-order valence-corrected chi connectivity index (χ4v) is 1.60. The van der Waals surface area contributed by atoms with Gasteiger partial charge in [0.1, 0.15) is 0 Å². The van der Waals surface area contributed by atoms with E-state index in [2.05, 4.69) is 6.58 Å². The first-order valence-corrected chi connectivity index (χ1v) is 6.80. The highest BCUT2D eigenvalue weighted by Gasteiger charge is 2.13. The summed E-state index contributed by atoms with van der Waals surface area (Å²) in [5, 5.41) is 0. The number of hydrogen-bond donors (Lipinski definition) is 0. The first-order chi connectivity index (χ1) is 10.5. The normalized spacial score (nSPS) is 10.8. The van der Waals surface area contributed by atoms with E-state index < -0.39 is 18.5 Å². The minimum atomic E-state index is -0.674. The molecule has 0 saturated heterocycles. The Morgan fingerprint density at radius 3 is 2.59 bits per heavy atom. The minimum absolute atomic E-state index is 0.277. The maximum absolute atomic E-state index is 11.7. The molecule has 0 atom stereocenters. The first-order valence-electron chi connectivity index (χ1n) is 6.80. The van der Waals surface area contributed by atoms with Crippen LogP contribution in [0.1, 0.15) is 19.4 Å². The number of carbonyl (C=O) groups is 2. The molecular formula is C17H20O5. The fourth-order valence-electron chi connectivity index (χ4n) is 1.60. The van der Waals surface area contributed by atoms with Gasteiger partial charge in [0.05, 0.1) is 7.11 Å². The SMILES string of the molecule is C=CCc1ccc(OC(=O)COC(=O)C(C)=CC)c(OC)c1. The van der Waals surface area contributed by atoms with Crippen LogP contribution in [0.5, 0.6) is 11.5 Å². The van der Waals surface area contributed by atoms with Crippen LogP contribution in [0.15, 0.2) is 42.5 Å². The summed E-state index contributed by atoms with van der Waals surface area (Å²) >= 11 is 0. The maximum atomic E-state index is 11.7. The Kier molecular flexibility index (Phi) is 6.89. The summed E-state index contributed by atoms with van der Waals surface area (Å²) in [5.41, 5.74) is 1.42. The Morgan fingerprint density at radius 1 is 1.27 bits per heavy atom. The second-order valence-electron chi connectivity index (χ2n) is 4.50. The van der Waals surface area contributed by atoms with Gasteiger partial charge in [-0.3, -0.25) is 0 Å². The van der Waals surface area contributed by atoms with E-state index in [9.17, 15) is 9.59 Å². The van der Waals surface area contributed by atoms with Crippen LogP contribution in [-0.4, -0.2) is 25.7 Å². The Bertz CT molecular complexity index is 587. The van der Waals surface area contributed by atoms with Crippen LogP contribution >= 0.6 is 0 Å². The van der Waals surface area contributed by atoms with E-state index >= 15 is 0 Å². The molecule has 0 radical (unpaired) electrons. The van der Waals surface area contributed by atoms with Gasteiger partial charge in [-0.15, -0.1) is 6.58 Å². The van der Waals surface area contributed by atoms with Crippen LogP contribution in [-0.2, 0) is 20.7 Å². The van der Waals surface area contributed by atoms with Gasteiger partial charge in [0.15, 0.2) is 18.1 Å². The molecule has 0 N–H and O–H groups in total.